The summed E-state index contributed by atoms with van der Waals surface area (Å²) in [7, 11) is 1.26. The van der Waals surface area contributed by atoms with Crippen LogP contribution in [-0.4, -0.2) is 24.9 Å². The Kier molecular flexibility index (Phi) is 6.05. The molecule has 1 aromatic carbocycles. The second kappa shape index (κ2) is 8.24. The topological polar surface area (TPSA) is 65.0 Å². The van der Waals surface area contributed by atoms with Gasteiger partial charge in [-0.1, -0.05) is 30.3 Å². The molecule has 0 saturated carbocycles. The van der Waals surface area contributed by atoms with Gasteiger partial charge in [-0.2, -0.15) is 4.99 Å². The number of ether oxygens (including phenoxy) is 2. The average Bonchev–Trinajstić information content (AvgIpc) is 2.97. The zero-order valence-electron chi connectivity index (χ0n) is 12.9. The second-order valence-electron chi connectivity index (χ2n) is 4.86. The van der Waals surface area contributed by atoms with Gasteiger partial charge in [-0.05, 0) is 29.5 Å². The number of carbonyl (C=O) groups is 2. The maximum atomic E-state index is 11.8. The lowest BCUT2D eigenvalue weighted by atomic mass is 10.2. The highest BCUT2D eigenvalue weighted by atomic mass is 32.1. The summed E-state index contributed by atoms with van der Waals surface area (Å²) >= 11 is 1.50. The van der Waals surface area contributed by atoms with Crippen LogP contribution in [0.2, 0.25) is 0 Å². The summed E-state index contributed by atoms with van der Waals surface area (Å²) in [5.74, 6) is -0.632. The van der Waals surface area contributed by atoms with Crippen LogP contribution in [0.4, 0.5) is 4.79 Å². The number of carbonyl (C=O) groups excluding carboxylic acids is 2. The van der Waals surface area contributed by atoms with Gasteiger partial charge in [-0.25, -0.2) is 9.59 Å². The third-order valence-corrected chi connectivity index (χ3v) is 4.03. The quantitative estimate of drug-likeness (QED) is 0.621. The smallest absolute Gasteiger partial charge is 0.434 e. The Labute approximate surface area is 138 Å². The standard InChI is InChI=1S/C17H17NO4S/c1-12-8-14(23-11-12)9-15(16(19)21-2)18-17(20)22-10-13-6-4-3-5-7-13/h3-8,11H,9-10H2,1-2H3. The molecule has 5 nitrogen and oxygen atoms in total. The minimum Gasteiger partial charge on any atom is -0.465 e. The first kappa shape index (κ1) is 16.9. The van der Waals surface area contributed by atoms with Gasteiger partial charge in [0.05, 0.1) is 7.11 Å². The van der Waals surface area contributed by atoms with Crippen molar-refractivity contribution < 1.29 is 19.1 Å². The maximum Gasteiger partial charge on any atom is 0.434 e. The van der Waals surface area contributed by atoms with E-state index in [4.69, 9.17) is 4.74 Å². The van der Waals surface area contributed by atoms with E-state index in [2.05, 4.69) is 9.73 Å². The van der Waals surface area contributed by atoms with Crippen molar-refractivity contribution in [1.82, 2.24) is 0 Å². The van der Waals surface area contributed by atoms with Gasteiger partial charge in [-0.15, -0.1) is 11.3 Å². The van der Waals surface area contributed by atoms with Gasteiger partial charge in [-0.3, -0.25) is 0 Å². The molecule has 1 aromatic heterocycles. The fourth-order valence-electron chi connectivity index (χ4n) is 1.89. The summed E-state index contributed by atoms with van der Waals surface area (Å²) in [6.45, 7) is 2.07. The van der Waals surface area contributed by atoms with Crippen LogP contribution in [-0.2, 0) is 27.3 Å². The van der Waals surface area contributed by atoms with E-state index in [0.717, 1.165) is 16.0 Å². The van der Waals surface area contributed by atoms with E-state index in [9.17, 15) is 9.59 Å². The lowest BCUT2D eigenvalue weighted by Crippen LogP contribution is -2.20. The van der Waals surface area contributed by atoms with Gasteiger partial charge < -0.3 is 9.47 Å². The summed E-state index contributed by atoms with van der Waals surface area (Å²) in [5, 5.41) is 1.97. The van der Waals surface area contributed by atoms with Crippen LogP contribution in [0.3, 0.4) is 0 Å². The number of hydrogen-bond donors (Lipinski definition) is 0. The van der Waals surface area contributed by atoms with E-state index in [1.165, 1.54) is 18.4 Å². The molecule has 1 heterocycles. The van der Waals surface area contributed by atoms with Gasteiger partial charge in [0.25, 0.3) is 0 Å². The number of hydrogen-bond acceptors (Lipinski definition) is 5. The molecule has 2 aromatic rings. The van der Waals surface area contributed by atoms with Crippen LogP contribution in [0.1, 0.15) is 16.0 Å². The van der Waals surface area contributed by atoms with Gasteiger partial charge >= 0.3 is 12.1 Å². The van der Waals surface area contributed by atoms with Crippen LogP contribution in [0.25, 0.3) is 0 Å². The van der Waals surface area contributed by atoms with Gasteiger partial charge in [0.15, 0.2) is 0 Å². The van der Waals surface area contributed by atoms with Crippen LogP contribution in [0.15, 0.2) is 46.8 Å². The molecule has 0 spiro atoms. The highest BCUT2D eigenvalue weighted by Gasteiger charge is 2.16. The molecule has 0 fully saturated rings. The molecule has 6 heteroatoms. The highest BCUT2D eigenvalue weighted by molar-refractivity contribution is 7.10. The molecule has 1 amide bonds. The highest BCUT2D eigenvalue weighted by Crippen LogP contribution is 2.15. The second-order valence-corrected chi connectivity index (χ2v) is 5.85. The molecule has 0 aliphatic heterocycles. The summed E-state index contributed by atoms with van der Waals surface area (Å²) < 4.78 is 9.75. The van der Waals surface area contributed by atoms with Crippen molar-refractivity contribution >= 4 is 29.1 Å². The monoisotopic (exact) mass is 331 g/mol. The van der Waals surface area contributed by atoms with E-state index < -0.39 is 12.1 Å². The van der Waals surface area contributed by atoms with Crippen LogP contribution in [0, 0.1) is 6.92 Å². The van der Waals surface area contributed by atoms with Crippen LogP contribution >= 0.6 is 11.3 Å². The normalized spacial score (nSPS) is 11.1. The van der Waals surface area contributed by atoms with Crippen molar-refractivity contribution in [2.75, 3.05) is 7.11 Å². The average molecular weight is 331 g/mol. The third kappa shape index (κ3) is 5.34. The van der Waals surface area contributed by atoms with Crippen molar-refractivity contribution in [3.8, 4) is 0 Å². The number of amides is 1. The largest absolute Gasteiger partial charge is 0.465 e. The molecule has 0 saturated heterocycles. The Bertz CT molecular complexity index is 706. The Balaban J connectivity index is 2.03. The first-order valence-corrected chi connectivity index (χ1v) is 7.87. The zero-order chi connectivity index (χ0) is 16.7. The first-order chi connectivity index (χ1) is 11.1. The Morgan fingerprint density at radius 1 is 1.22 bits per heavy atom. The molecule has 0 N–H and O–H groups in total. The lowest BCUT2D eigenvalue weighted by Gasteiger charge is -2.04. The molecular weight excluding hydrogens is 314 g/mol. The molecule has 0 radical (unpaired) electrons. The minimum atomic E-state index is -0.803. The van der Waals surface area contributed by atoms with Crippen molar-refractivity contribution in [3.63, 3.8) is 0 Å². The molecule has 0 bridgehead atoms. The number of rotatable bonds is 5. The predicted octanol–water partition coefficient (Wildman–Crippen LogP) is 3.55. The number of benzene rings is 1. The fraction of sp³-hybridized carbons (Fsp3) is 0.235. The molecule has 0 aliphatic rings. The fourth-order valence-corrected chi connectivity index (χ4v) is 2.76. The molecule has 0 atom stereocenters. The number of esters is 1. The molecule has 0 aliphatic carbocycles. The van der Waals surface area contributed by atoms with E-state index in [1.54, 1.807) is 0 Å². The van der Waals surface area contributed by atoms with Gasteiger partial charge in [0, 0.05) is 11.3 Å². The van der Waals surface area contributed by atoms with Crippen LogP contribution < -0.4 is 0 Å². The van der Waals surface area contributed by atoms with Crippen LogP contribution in [0.5, 0.6) is 0 Å². The van der Waals surface area contributed by atoms with E-state index >= 15 is 0 Å². The first-order valence-electron chi connectivity index (χ1n) is 6.99. The van der Waals surface area contributed by atoms with E-state index in [-0.39, 0.29) is 18.7 Å². The Morgan fingerprint density at radius 3 is 2.57 bits per heavy atom. The number of aliphatic imine (C=N–C) groups is 1. The maximum absolute atomic E-state index is 11.8. The molecule has 0 unspecified atom stereocenters. The number of thiophene rings is 1. The van der Waals surface area contributed by atoms with Crippen molar-refractivity contribution in [3.05, 3.63) is 57.8 Å². The van der Waals surface area contributed by atoms with Crippen molar-refractivity contribution in [2.45, 2.75) is 20.0 Å². The van der Waals surface area contributed by atoms with Crippen molar-refractivity contribution in [2.24, 2.45) is 4.99 Å². The minimum absolute atomic E-state index is 0.0346. The number of methoxy groups -OCH3 is 1. The molecular formula is C17H17NO4S. The molecule has 120 valence electrons. The summed E-state index contributed by atoms with van der Waals surface area (Å²) in [6, 6.07) is 11.2. The van der Waals surface area contributed by atoms with Gasteiger partial charge in [0.2, 0.25) is 0 Å². The Morgan fingerprint density at radius 2 is 1.96 bits per heavy atom. The van der Waals surface area contributed by atoms with Crippen molar-refractivity contribution in [1.29, 1.82) is 0 Å². The number of nitrogens with zero attached hydrogens (tertiary/aromatic N) is 1. The molecule has 23 heavy (non-hydrogen) atoms. The van der Waals surface area contributed by atoms with Gasteiger partial charge in [0.1, 0.15) is 12.3 Å². The van der Waals surface area contributed by atoms with E-state index in [1.807, 2.05) is 48.7 Å². The lowest BCUT2D eigenvalue weighted by molar-refractivity contribution is -0.132. The summed E-state index contributed by atoms with van der Waals surface area (Å²) in [6.07, 6.45) is -0.562. The summed E-state index contributed by atoms with van der Waals surface area (Å²) in [5.41, 5.74) is 1.98. The molecule has 2 rings (SSSR count). The summed E-state index contributed by atoms with van der Waals surface area (Å²) in [4.78, 5) is 28.3. The zero-order valence-corrected chi connectivity index (χ0v) is 13.8. The Hall–Kier alpha value is -2.47. The van der Waals surface area contributed by atoms with E-state index in [0.29, 0.717) is 0 Å². The predicted molar refractivity (Wildman–Crippen MR) is 88.8 cm³/mol. The number of aryl methyl sites for hydroxylation is 1. The third-order valence-electron chi connectivity index (χ3n) is 2.98. The SMILES string of the molecule is COC(=O)C(Cc1cc(C)cs1)=NC(=O)OCc1ccccc1.